The Bertz CT molecular complexity index is 490. The van der Waals surface area contributed by atoms with Crippen molar-refractivity contribution >= 4 is 12.0 Å². The number of hydrogen-bond donors (Lipinski definition) is 1. The summed E-state index contributed by atoms with van der Waals surface area (Å²) in [5.74, 6) is -0.541. The molecule has 1 aromatic carbocycles. The number of rotatable bonds is 5. The second kappa shape index (κ2) is 6.35. The number of nitrogens with zero attached hydrogens (tertiary/aromatic N) is 1. The van der Waals surface area contributed by atoms with Gasteiger partial charge in [0.2, 0.25) is 0 Å². The first-order valence-corrected chi connectivity index (χ1v) is 4.95. The second-order valence-electron chi connectivity index (χ2n) is 3.31. The standard InChI is InChI=1S/C12H10F2N2O2/c13-11(14)7-18-10-3-1-8(2-4-10)5-9(6-15)12(16)17/h1-5,11H,7H2,(H2,16,17)/b9-5-. The van der Waals surface area contributed by atoms with Crippen LogP contribution in [0.4, 0.5) is 8.78 Å². The SMILES string of the molecule is N#C/C(=C/c1ccc(OCC(F)F)cc1)C(N)=O. The molecular weight excluding hydrogens is 242 g/mol. The number of primary amides is 1. The van der Waals surface area contributed by atoms with Crippen LogP contribution in [0.5, 0.6) is 5.75 Å². The van der Waals surface area contributed by atoms with Crippen LogP contribution in [0.15, 0.2) is 29.8 Å². The zero-order valence-electron chi connectivity index (χ0n) is 9.27. The molecule has 4 nitrogen and oxygen atoms in total. The predicted molar refractivity (Wildman–Crippen MR) is 60.7 cm³/mol. The summed E-state index contributed by atoms with van der Waals surface area (Å²) in [6.45, 7) is -0.681. The number of benzene rings is 1. The van der Waals surface area contributed by atoms with Crippen molar-refractivity contribution < 1.29 is 18.3 Å². The number of carbonyl (C=O) groups excluding carboxylic acids is 1. The average Bonchev–Trinajstić information content (AvgIpc) is 2.34. The van der Waals surface area contributed by atoms with E-state index in [4.69, 9.17) is 15.7 Å². The summed E-state index contributed by atoms with van der Waals surface area (Å²) in [5, 5.41) is 8.63. The third-order valence-corrected chi connectivity index (χ3v) is 1.95. The van der Waals surface area contributed by atoms with E-state index in [9.17, 15) is 13.6 Å². The summed E-state index contributed by atoms with van der Waals surface area (Å²) in [5.41, 5.74) is 5.33. The smallest absolute Gasteiger partial charge is 0.272 e. The third kappa shape index (κ3) is 4.22. The lowest BCUT2D eigenvalue weighted by atomic mass is 10.1. The Balaban J connectivity index is 2.77. The van der Waals surface area contributed by atoms with E-state index in [1.54, 1.807) is 6.07 Å². The molecule has 0 spiro atoms. The van der Waals surface area contributed by atoms with Crippen LogP contribution < -0.4 is 10.5 Å². The number of ether oxygens (including phenoxy) is 1. The molecule has 0 aromatic heterocycles. The molecule has 1 aromatic rings. The van der Waals surface area contributed by atoms with Gasteiger partial charge < -0.3 is 10.5 Å². The number of amides is 1. The van der Waals surface area contributed by atoms with Crippen LogP contribution in [-0.2, 0) is 4.79 Å². The summed E-state index contributed by atoms with van der Waals surface area (Å²) in [6, 6.07) is 7.64. The van der Waals surface area contributed by atoms with E-state index in [1.165, 1.54) is 30.3 Å². The summed E-state index contributed by atoms with van der Waals surface area (Å²) < 4.78 is 28.5. The lowest BCUT2D eigenvalue weighted by molar-refractivity contribution is -0.114. The number of nitriles is 1. The highest BCUT2D eigenvalue weighted by Crippen LogP contribution is 2.15. The van der Waals surface area contributed by atoms with Gasteiger partial charge in [0.25, 0.3) is 12.3 Å². The van der Waals surface area contributed by atoms with Crippen molar-refractivity contribution in [2.24, 2.45) is 5.73 Å². The minimum Gasteiger partial charge on any atom is -0.488 e. The fourth-order valence-corrected chi connectivity index (χ4v) is 1.14. The van der Waals surface area contributed by atoms with Crippen LogP contribution in [-0.4, -0.2) is 18.9 Å². The molecule has 0 radical (unpaired) electrons. The molecule has 0 atom stereocenters. The van der Waals surface area contributed by atoms with Crippen LogP contribution in [0.3, 0.4) is 0 Å². The van der Waals surface area contributed by atoms with E-state index in [0.717, 1.165) is 0 Å². The third-order valence-electron chi connectivity index (χ3n) is 1.95. The van der Waals surface area contributed by atoms with Crippen molar-refractivity contribution in [3.05, 3.63) is 35.4 Å². The topological polar surface area (TPSA) is 76.1 Å². The minimum absolute atomic E-state index is 0.184. The molecule has 0 aliphatic heterocycles. The van der Waals surface area contributed by atoms with Crippen LogP contribution in [0.25, 0.3) is 6.08 Å². The molecule has 1 amide bonds. The molecule has 18 heavy (non-hydrogen) atoms. The van der Waals surface area contributed by atoms with E-state index in [1.807, 2.05) is 0 Å². The molecule has 2 N–H and O–H groups in total. The maximum atomic E-state index is 11.9. The monoisotopic (exact) mass is 252 g/mol. The molecule has 94 valence electrons. The first kappa shape index (κ1) is 13.6. The molecule has 0 saturated heterocycles. The molecule has 0 aliphatic carbocycles. The van der Waals surface area contributed by atoms with E-state index >= 15 is 0 Å². The normalized spacial score (nSPS) is 11.1. The van der Waals surface area contributed by atoms with E-state index in [-0.39, 0.29) is 11.3 Å². The van der Waals surface area contributed by atoms with Gasteiger partial charge in [-0.05, 0) is 23.8 Å². The van der Waals surface area contributed by atoms with Gasteiger partial charge in [-0.3, -0.25) is 4.79 Å². The summed E-state index contributed by atoms with van der Waals surface area (Å²) in [4.78, 5) is 10.8. The number of alkyl halides is 2. The Morgan fingerprint density at radius 1 is 1.44 bits per heavy atom. The van der Waals surface area contributed by atoms with Gasteiger partial charge in [0.15, 0.2) is 0 Å². The first-order chi connectivity index (χ1) is 8.52. The highest BCUT2D eigenvalue weighted by Gasteiger charge is 2.05. The van der Waals surface area contributed by atoms with Crippen LogP contribution in [0.2, 0.25) is 0 Å². The summed E-state index contributed by atoms with van der Waals surface area (Å²) in [7, 11) is 0. The molecule has 0 heterocycles. The van der Waals surface area contributed by atoms with Gasteiger partial charge in [0, 0.05) is 0 Å². The van der Waals surface area contributed by atoms with Gasteiger partial charge in [-0.1, -0.05) is 12.1 Å². The number of hydrogen-bond acceptors (Lipinski definition) is 3. The Morgan fingerprint density at radius 3 is 2.50 bits per heavy atom. The van der Waals surface area contributed by atoms with Crippen LogP contribution in [0, 0.1) is 11.3 Å². The highest BCUT2D eigenvalue weighted by atomic mass is 19.3. The van der Waals surface area contributed by atoms with Crippen molar-refractivity contribution in [1.82, 2.24) is 0 Å². The fraction of sp³-hybridized carbons (Fsp3) is 0.167. The average molecular weight is 252 g/mol. The minimum atomic E-state index is -2.54. The first-order valence-electron chi connectivity index (χ1n) is 4.95. The quantitative estimate of drug-likeness (QED) is 0.640. The van der Waals surface area contributed by atoms with Crippen molar-refractivity contribution in [1.29, 1.82) is 5.26 Å². The van der Waals surface area contributed by atoms with Gasteiger partial charge in [-0.2, -0.15) is 5.26 Å². The number of halogens is 2. The lowest BCUT2D eigenvalue weighted by Crippen LogP contribution is -2.12. The van der Waals surface area contributed by atoms with Crippen molar-refractivity contribution in [2.75, 3.05) is 6.61 Å². The van der Waals surface area contributed by atoms with E-state index in [2.05, 4.69) is 0 Å². The summed E-state index contributed by atoms with van der Waals surface area (Å²) in [6.07, 6.45) is -1.23. The molecule has 0 bridgehead atoms. The zero-order chi connectivity index (χ0) is 13.5. The van der Waals surface area contributed by atoms with Gasteiger partial charge in [0.1, 0.15) is 24.0 Å². The fourth-order valence-electron chi connectivity index (χ4n) is 1.14. The van der Waals surface area contributed by atoms with E-state index in [0.29, 0.717) is 5.56 Å². The summed E-state index contributed by atoms with van der Waals surface area (Å²) >= 11 is 0. The molecule has 1 rings (SSSR count). The Morgan fingerprint density at radius 2 is 2.06 bits per heavy atom. The number of carbonyl (C=O) groups is 1. The van der Waals surface area contributed by atoms with Crippen LogP contribution in [0.1, 0.15) is 5.56 Å². The van der Waals surface area contributed by atoms with Crippen LogP contribution >= 0.6 is 0 Å². The maximum Gasteiger partial charge on any atom is 0.272 e. The largest absolute Gasteiger partial charge is 0.488 e. The Hall–Kier alpha value is -2.42. The van der Waals surface area contributed by atoms with Gasteiger partial charge in [-0.15, -0.1) is 0 Å². The van der Waals surface area contributed by atoms with Gasteiger partial charge in [0.05, 0.1) is 0 Å². The van der Waals surface area contributed by atoms with Gasteiger partial charge >= 0.3 is 0 Å². The number of nitrogens with two attached hydrogens (primary N) is 1. The lowest BCUT2D eigenvalue weighted by Gasteiger charge is -2.05. The molecule has 0 fully saturated rings. The highest BCUT2D eigenvalue weighted by molar-refractivity contribution is 6.00. The van der Waals surface area contributed by atoms with Gasteiger partial charge in [-0.25, -0.2) is 8.78 Å². The van der Waals surface area contributed by atoms with Crippen molar-refractivity contribution in [3.8, 4) is 11.8 Å². The van der Waals surface area contributed by atoms with Crippen molar-refractivity contribution in [3.63, 3.8) is 0 Å². The Kier molecular flexibility index (Phi) is 4.81. The van der Waals surface area contributed by atoms with E-state index < -0.39 is 18.9 Å². The van der Waals surface area contributed by atoms with Crippen molar-refractivity contribution in [2.45, 2.75) is 6.43 Å². The molecule has 6 heteroatoms. The maximum absolute atomic E-state index is 11.9. The molecule has 0 aliphatic rings. The zero-order valence-corrected chi connectivity index (χ0v) is 9.27. The molecule has 0 unspecified atom stereocenters. The predicted octanol–water partition coefficient (Wildman–Crippen LogP) is 1.72. The molecular formula is C12H10F2N2O2. The Labute approximate surface area is 102 Å². The molecule has 0 saturated carbocycles. The second-order valence-corrected chi connectivity index (χ2v) is 3.31.